The molecule has 198 valence electrons. The van der Waals surface area contributed by atoms with Crippen molar-refractivity contribution in [3.05, 3.63) is 48.3 Å². The second-order valence-electron chi connectivity index (χ2n) is 9.01. The Morgan fingerprint density at radius 1 is 1.22 bits per heavy atom. The molecule has 3 aromatic rings. The topological polar surface area (TPSA) is 75.2 Å². The minimum absolute atomic E-state index is 0. The fraction of sp³-hybridized carbons (Fsp3) is 0.423. The molecule has 2 amide bonds. The van der Waals surface area contributed by atoms with Crippen molar-refractivity contribution in [1.29, 1.82) is 0 Å². The number of carbonyl (C=O) groups is 2. The van der Waals surface area contributed by atoms with Crippen molar-refractivity contribution in [2.45, 2.75) is 12.8 Å². The van der Waals surface area contributed by atoms with E-state index in [4.69, 9.17) is 14.5 Å². The zero-order chi connectivity index (χ0) is 25.1. The van der Waals surface area contributed by atoms with E-state index in [-0.39, 0.29) is 43.0 Å². The summed E-state index contributed by atoms with van der Waals surface area (Å²) in [7, 11) is 1.62. The van der Waals surface area contributed by atoms with Gasteiger partial charge in [0.2, 0.25) is 11.8 Å². The van der Waals surface area contributed by atoms with Crippen LogP contribution in [0.4, 0.5) is 15.2 Å². The SMILES string of the molecule is COc1ccc2nc(N(CCCN3CCOCC3)C(=O)C3CC(=O)N(c4ccc(F)cc4)C3)sc2c1.Cl. The molecule has 2 aliphatic heterocycles. The van der Waals surface area contributed by atoms with Gasteiger partial charge >= 0.3 is 0 Å². The van der Waals surface area contributed by atoms with Gasteiger partial charge in [0.25, 0.3) is 0 Å². The van der Waals surface area contributed by atoms with E-state index >= 15 is 0 Å². The van der Waals surface area contributed by atoms with Crippen LogP contribution in [0, 0.1) is 11.7 Å². The zero-order valence-corrected chi connectivity index (χ0v) is 22.2. The number of morpholine rings is 1. The van der Waals surface area contributed by atoms with Crippen molar-refractivity contribution in [3.63, 3.8) is 0 Å². The Kier molecular flexibility index (Phi) is 8.96. The van der Waals surface area contributed by atoms with E-state index in [0.717, 1.165) is 55.2 Å². The molecule has 37 heavy (non-hydrogen) atoms. The number of halogens is 2. The van der Waals surface area contributed by atoms with Crippen LogP contribution in [0.25, 0.3) is 10.2 Å². The Morgan fingerprint density at radius 2 is 1.97 bits per heavy atom. The summed E-state index contributed by atoms with van der Waals surface area (Å²) in [5.41, 5.74) is 1.40. The minimum atomic E-state index is -0.493. The van der Waals surface area contributed by atoms with Gasteiger partial charge in [0.05, 0.1) is 36.5 Å². The Morgan fingerprint density at radius 3 is 2.70 bits per heavy atom. The Hall–Kier alpha value is -2.79. The molecule has 2 aromatic carbocycles. The molecule has 1 aromatic heterocycles. The summed E-state index contributed by atoms with van der Waals surface area (Å²) in [6, 6.07) is 11.5. The summed E-state index contributed by atoms with van der Waals surface area (Å²) < 4.78 is 25.1. The highest BCUT2D eigenvalue weighted by Gasteiger charge is 2.38. The van der Waals surface area contributed by atoms with E-state index in [0.29, 0.717) is 17.4 Å². The summed E-state index contributed by atoms with van der Waals surface area (Å²) in [4.78, 5) is 37.0. The first-order valence-electron chi connectivity index (χ1n) is 12.1. The molecule has 1 atom stereocenters. The van der Waals surface area contributed by atoms with Crippen molar-refractivity contribution in [2.75, 3.05) is 62.8 Å². The second kappa shape index (κ2) is 12.2. The van der Waals surface area contributed by atoms with E-state index in [9.17, 15) is 14.0 Å². The lowest BCUT2D eigenvalue weighted by molar-refractivity contribution is -0.124. The number of benzene rings is 2. The average Bonchev–Trinajstić information content (AvgIpc) is 3.50. The van der Waals surface area contributed by atoms with Crippen LogP contribution >= 0.6 is 23.7 Å². The van der Waals surface area contributed by atoms with Crippen LogP contribution < -0.4 is 14.5 Å². The van der Waals surface area contributed by atoms with Crippen LogP contribution in [0.15, 0.2) is 42.5 Å². The fourth-order valence-electron chi connectivity index (χ4n) is 4.68. The van der Waals surface area contributed by atoms with Crippen molar-refractivity contribution in [3.8, 4) is 5.75 Å². The monoisotopic (exact) mass is 548 g/mol. The van der Waals surface area contributed by atoms with Gasteiger partial charge in [0.1, 0.15) is 11.6 Å². The Bertz CT molecular complexity index is 1240. The van der Waals surface area contributed by atoms with Crippen molar-refractivity contribution < 1.29 is 23.5 Å². The lowest BCUT2D eigenvalue weighted by Gasteiger charge is -2.28. The van der Waals surface area contributed by atoms with Crippen molar-refractivity contribution >= 4 is 56.6 Å². The summed E-state index contributed by atoms with van der Waals surface area (Å²) in [6.45, 7) is 4.86. The molecule has 2 saturated heterocycles. The number of rotatable bonds is 8. The zero-order valence-electron chi connectivity index (χ0n) is 20.6. The molecular formula is C26H30ClFN4O4S. The largest absolute Gasteiger partial charge is 0.497 e. The highest BCUT2D eigenvalue weighted by atomic mass is 35.5. The van der Waals surface area contributed by atoms with Gasteiger partial charge in [-0.1, -0.05) is 11.3 Å². The molecular weight excluding hydrogens is 519 g/mol. The maximum Gasteiger partial charge on any atom is 0.234 e. The lowest BCUT2D eigenvalue weighted by Crippen LogP contribution is -2.41. The molecule has 0 bridgehead atoms. The molecule has 0 aliphatic carbocycles. The van der Waals surface area contributed by atoms with E-state index in [2.05, 4.69) is 4.90 Å². The summed E-state index contributed by atoms with van der Waals surface area (Å²) in [5, 5.41) is 0.623. The standard InChI is InChI=1S/C26H29FN4O4S.ClH/c1-34-21-7-8-22-23(16-21)36-26(28-22)30(10-2-9-29-11-13-35-14-12-29)25(33)18-15-24(32)31(17-18)20-5-3-19(27)4-6-20;/h3-8,16,18H,2,9-15,17H2,1H3;1H. The van der Waals surface area contributed by atoms with Crippen LogP contribution in [0.2, 0.25) is 0 Å². The fourth-order valence-corrected chi connectivity index (χ4v) is 5.70. The molecule has 0 saturated carbocycles. The third-order valence-electron chi connectivity index (χ3n) is 6.65. The van der Waals surface area contributed by atoms with Crippen LogP contribution in [0.3, 0.4) is 0 Å². The maximum atomic E-state index is 13.8. The molecule has 2 aliphatic rings. The molecule has 0 spiro atoms. The number of ether oxygens (including phenoxy) is 2. The molecule has 0 radical (unpaired) electrons. The van der Waals surface area contributed by atoms with Gasteiger partial charge in [0, 0.05) is 44.8 Å². The van der Waals surface area contributed by atoms with E-state index in [1.54, 1.807) is 29.0 Å². The van der Waals surface area contributed by atoms with Gasteiger partial charge < -0.3 is 14.4 Å². The quantitative estimate of drug-likeness (QED) is 0.424. The van der Waals surface area contributed by atoms with Crippen LogP contribution in [0.5, 0.6) is 5.75 Å². The predicted octanol–water partition coefficient (Wildman–Crippen LogP) is 3.97. The van der Waals surface area contributed by atoms with Crippen molar-refractivity contribution in [2.24, 2.45) is 5.92 Å². The Labute approximate surface area is 225 Å². The number of fused-ring (bicyclic) bond motifs is 1. The van der Waals surface area contributed by atoms with Gasteiger partial charge in [0.15, 0.2) is 5.13 Å². The second-order valence-corrected chi connectivity index (χ2v) is 10.0. The van der Waals surface area contributed by atoms with Gasteiger partial charge in [-0.15, -0.1) is 12.4 Å². The number of carbonyl (C=O) groups excluding carboxylic acids is 2. The highest BCUT2D eigenvalue weighted by Crippen LogP contribution is 2.34. The van der Waals surface area contributed by atoms with Gasteiger partial charge in [-0.05, 0) is 48.9 Å². The van der Waals surface area contributed by atoms with Crippen LogP contribution in [-0.2, 0) is 14.3 Å². The number of hydrogen-bond donors (Lipinski definition) is 0. The minimum Gasteiger partial charge on any atom is -0.497 e. The first-order chi connectivity index (χ1) is 17.5. The Balaban J connectivity index is 0.00000320. The third-order valence-corrected chi connectivity index (χ3v) is 7.69. The molecule has 1 unspecified atom stereocenters. The summed E-state index contributed by atoms with van der Waals surface area (Å²) >= 11 is 1.45. The molecule has 5 rings (SSSR count). The van der Waals surface area contributed by atoms with Gasteiger partial charge in [-0.2, -0.15) is 0 Å². The number of thiazole rings is 1. The third kappa shape index (κ3) is 6.20. The highest BCUT2D eigenvalue weighted by molar-refractivity contribution is 7.22. The van der Waals surface area contributed by atoms with Crippen LogP contribution in [0.1, 0.15) is 12.8 Å². The first kappa shape index (κ1) is 27.3. The summed E-state index contributed by atoms with van der Waals surface area (Å²) in [5.74, 6) is -0.369. The molecule has 11 heteroatoms. The van der Waals surface area contributed by atoms with E-state index in [1.807, 2.05) is 18.2 Å². The number of hydrogen-bond acceptors (Lipinski definition) is 7. The van der Waals surface area contributed by atoms with Gasteiger partial charge in [-0.25, -0.2) is 9.37 Å². The van der Waals surface area contributed by atoms with Gasteiger partial charge in [-0.3, -0.25) is 19.4 Å². The number of nitrogens with zero attached hydrogens (tertiary/aromatic N) is 4. The number of amides is 2. The predicted molar refractivity (Wildman–Crippen MR) is 145 cm³/mol. The first-order valence-corrected chi connectivity index (χ1v) is 13.0. The molecule has 2 fully saturated rings. The summed E-state index contributed by atoms with van der Waals surface area (Å²) in [6.07, 6.45) is 0.905. The molecule has 3 heterocycles. The lowest BCUT2D eigenvalue weighted by atomic mass is 10.1. The smallest absolute Gasteiger partial charge is 0.234 e. The number of methoxy groups -OCH3 is 1. The molecule has 8 nitrogen and oxygen atoms in total. The van der Waals surface area contributed by atoms with E-state index in [1.165, 1.54) is 23.5 Å². The number of aromatic nitrogens is 1. The van der Waals surface area contributed by atoms with E-state index < -0.39 is 5.92 Å². The molecule has 0 N–H and O–H groups in total. The average molecular weight is 549 g/mol. The maximum absolute atomic E-state index is 13.8. The van der Waals surface area contributed by atoms with Crippen LogP contribution in [-0.4, -0.2) is 74.7 Å². The van der Waals surface area contributed by atoms with Crippen molar-refractivity contribution in [1.82, 2.24) is 9.88 Å². The normalized spacial score (nSPS) is 18.2. The number of anilines is 2.